The highest BCUT2D eigenvalue weighted by Gasteiger charge is 2.23. The van der Waals surface area contributed by atoms with E-state index in [0.29, 0.717) is 13.0 Å². The summed E-state index contributed by atoms with van der Waals surface area (Å²) < 4.78 is 0. The molecule has 1 atom stereocenters. The quantitative estimate of drug-likeness (QED) is 0.670. The molecule has 0 unspecified atom stereocenters. The van der Waals surface area contributed by atoms with Gasteiger partial charge in [-0.25, -0.2) is 0 Å². The fourth-order valence-corrected chi connectivity index (χ4v) is 1.93. The van der Waals surface area contributed by atoms with Crippen molar-refractivity contribution in [1.29, 1.82) is 0 Å². The van der Waals surface area contributed by atoms with Gasteiger partial charge in [-0.15, -0.1) is 0 Å². The van der Waals surface area contributed by atoms with Crippen molar-refractivity contribution in [2.24, 2.45) is 11.7 Å². The van der Waals surface area contributed by atoms with E-state index in [-0.39, 0.29) is 18.4 Å². The largest absolute Gasteiger partial charge is 0.480 e. The molecule has 17 heavy (non-hydrogen) atoms. The number of carboxylic acid groups (broad SMARTS) is 1. The van der Waals surface area contributed by atoms with Crippen molar-refractivity contribution in [2.45, 2.75) is 26.3 Å². The Balaban J connectivity index is 4.44. The van der Waals surface area contributed by atoms with Crippen LogP contribution in [0, 0.1) is 5.92 Å². The number of amides is 1. The topological polar surface area (TPSA) is 83.6 Å². The van der Waals surface area contributed by atoms with Gasteiger partial charge in [0.25, 0.3) is 0 Å². The first-order chi connectivity index (χ1) is 7.88. The van der Waals surface area contributed by atoms with Gasteiger partial charge in [0.2, 0.25) is 5.91 Å². The number of nitrogens with two attached hydrogens (primary N) is 1. The smallest absolute Gasteiger partial charge is 0.323 e. The molecule has 0 spiro atoms. The Labute approximate surface area is 107 Å². The first-order valence-electron chi connectivity index (χ1n) is 5.63. The Bertz CT molecular complexity index is 259. The zero-order valence-electron chi connectivity index (χ0n) is 10.7. The third-order valence-corrected chi connectivity index (χ3v) is 2.82. The van der Waals surface area contributed by atoms with Crippen LogP contribution in [0.5, 0.6) is 0 Å². The second-order valence-corrected chi connectivity index (χ2v) is 5.38. The number of carbonyl (C=O) groups is 2. The summed E-state index contributed by atoms with van der Waals surface area (Å²) in [4.78, 5) is 24.0. The van der Waals surface area contributed by atoms with Gasteiger partial charge in [0.05, 0.1) is 6.04 Å². The monoisotopic (exact) mass is 262 g/mol. The molecule has 0 aliphatic heterocycles. The summed E-state index contributed by atoms with van der Waals surface area (Å²) in [6.45, 7) is 4.03. The van der Waals surface area contributed by atoms with Crippen LogP contribution in [0.1, 0.15) is 20.3 Å². The molecule has 1 amide bonds. The van der Waals surface area contributed by atoms with Gasteiger partial charge in [-0.2, -0.15) is 11.8 Å². The molecule has 3 N–H and O–H groups in total. The van der Waals surface area contributed by atoms with Crippen molar-refractivity contribution in [2.75, 3.05) is 25.1 Å². The van der Waals surface area contributed by atoms with E-state index < -0.39 is 12.0 Å². The lowest BCUT2D eigenvalue weighted by Gasteiger charge is -2.25. The van der Waals surface area contributed by atoms with Crippen LogP contribution in [0.3, 0.4) is 0 Å². The molecule has 0 saturated heterocycles. The summed E-state index contributed by atoms with van der Waals surface area (Å²) >= 11 is 1.62. The molecule has 100 valence electrons. The standard InChI is InChI=1S/C11H22N2O3S/c1-8(2)6-13(7-10(14)15)11(16)9(12)4-5-17-3/h8-9H,4-7,12H2,1-3H3,(H,14,15)/t9-/m0/s1. The lowest BCUT2D eigenvalue weighted by molar-refractivity contribution is -0.145. The Morgan fingerprint density at radius 2 is 2.00 bits per heavy atom. The van der Waals surface area contributed by atoms with Crippen molar-refractivity contribution in [1.82, 2.24) is 4.90 Å². The minimum Gasteiger partial charge on any atom is -0.480 e. The molecule has 0 aliphatic rings. The van der Waals surface area contributed by atoms with Gasteiger partial charge in [0, 0.05) is 6.54 Å². The zero-order valence-corrected chi connectivity index (χ0v) is 11.5. The van der Waals surface area contributed by atoms with Crippen molar-refractivity contribution < 1.29 is 14.7 Å². The molecule has 0 radical (unpaired) electrons. The summed E-state index contributed by atoms with van der Waals surface area (Å²) in [6, 6.07) is -0.597. The summed E-state index contributed by atoms with van der Waals surface area (Å²) in [5, 5.41) is 8.76. The van der Waals surface area contributed by atoms with Gasteiger partial charge in [-0.1, -0.05) is 13.8 Å². The Morgan fingerprint density at radius 1 is 1.41 bits per heavy atom. The van der Waals surface area contributed by atoms with E-state index in [9.17, 15) is 9.59 Å². The third kappa shape index (κ3) is 7.23. The molecule has 0 rings (SSSR count). The lowest BCUT2D eigenvalue weighted by atomic mass is 10.1. The van der Waals surface area contributed by atoms with Crippen molar-refractivity contribution >= 4 is 23.6 Å². The summed E-state index contributed by atoms with van der Waals surface area (Å²) in [5.41, 5.74) is 5.76. The Morgan fingerprint density at radius 3 is 2.41 bits per heavy atom. The van der Waals surface area contributed by atoms with E-state index in [2.05, 4.69) is 0 Å². The highest BCUT2D eigenvalue weighted by Crippen LogP contribution is 2.05. The van der Waals surface area contributed by atoms with Crippen molar-refractivity contribution in [3.63, 3.8) is 0 Å². The van der Waals surface area contributed by atoms with E-state index in [0.717, 1.165) is 5.75 Å². The van der Waals surface area contributed by atoms with Crippen molar-refractivity contribution in [3.8, 4) is 0 Å². The van der Waals surface area contributed by atoms with E-state index in [4.69, 9.17) is 10.8 Å². The summed E-state index contributed by atoms with van der Waals surface area (Å²) in [6.07, 6.45) is 2.52. The maximum Gasteiger partial charge on any atom is 0.323 e. The molecular formula is C11H22N2O3S. The maximum absolute atomic E-state index is 11.9. The molecule has 0 bridgehead atoms. The molecule has 0 aliphatic carbocycles. The fraction of sp³-hybridized carbons (Fsp3) is 0.818. The predicted molar refractivity (Wildman–Crippen MR) is 70.0 cm³/mol. The molecule has 0 aromatic heterocycles. The van der Waals surface area contributed by atoms with Crippen LogP contribution >= 0.6 is 11.8 Å². The predicted octanol–water partition coefficient (Wildman–Crippen LogP) is 0.636. The van der Waals surface area contributed by atoms with Crippen LogP contribution in [0.25, 0.3) is 0 Å². The van der Waals surface area contributed by atoms with Crippen LogP contribution in [-0.2, 0) is 9.59 Å². The average molecular weight is 262 g/mol. The molecule has 0 aromatic carbocycles. The maximum atomic E-state index is 11.9. The number of thioether (sulfide) groups is 1. The van der Waals surface area contributed by atoms with Crippen LogP contribution in [0.4, 0.5) is 0 Å². The van der Waals surface area contributed by atoms with Gasteiger partial charge >= 0.3 is 5.97 Å². The normalized spacial score (nSPS) is 12.5. The second-order valence-electron chi connectivity index (χ2n) is 4.39. The first kappa shape index (κ1) is 16.2. The highest BCUT2D eigenvalue weighted by atomic mass is 32.2. The van der Waals surface area contributed by atoms with Gasteiger partial charge in [-0.3, -0.25) is 9.59 Å². The van der Waals surface area contributed by atoms with E-state index >= 15 is 0 Å². The molecule has 5 nitrogen and oxygen atoms in total. The molecule has 0 saturated carbocycles. The Hall–Kier alpha value is -0.750. The van der Waals surface area contributed by atoms with Gasteiger partial charge in [0.1, 0.15) is 6.54 Å². The minimum absolute atomic E-state index is 0.228. The number of hydrogen-bond acceptors (Lipinski definition) is 4. The minimum atomic E-state index is -1.00. The molecule has 0 fully saturated rings. The second kappa shape index (κ2) is 8.36. The zero-order chi connectivity index (χ0) is 13.4. The van der Waals surface area contributed by atoms with Crippen LogP contribution in [-0.4, -0.2) is 53.0 Å². The average Bonchev–Trinajstić information content (AvgIpc) is 2.22. The number of rotatable bonds is 8. The number of aliphatic carboxylic acids is 1. The number of nitrogens with zero attached hydrogens (tertiary/aromatic N) is 1. The Kier molecular flexibility index (Phi) is 7.99. The summed E-state index contributed by atoms with van der Waals surface area (Å²) in [5.74, 6) is -0.243. The van der Waals surface area contributed by atoms with Gasteiger partial charge < -0.3 is 15.7 Å². The van der Waals surface area contributed by atoms with Gasteiger partial charge in [0.15, 0.2) is 0 Å². The third-order valence-electron chi connectivity index (χ3n) is 2.17. The van der Waals surface area contributed by atoms with Gasteiger partial charge in [-0.05, 0) is 24.3 Å². The van der Waals surface area contributed by atoms with E-state index in [1.807, 2.05) is 20.1 Å². The van der Waals surface area contributed by atoms with Crippen LogP contribution in [0.15, 0.2) is 0 Å². The van der Waals surface area contributed by atoms with Crippen molar-refractivity contribution in [3.05, 3.63) is 0 Å². The van der Waals surface area contributed by atoms with Crippen LogP contribution in [0.2, 0.25) is 0 Å². The SMILES string of the molecule is CSCC[C@H](N)C(=O)N(CC(=O)O)CC(C)C. The number of carbonyl (C=O) groups excluding carboxylic acids is 1. The summed E-state index contributed by atoms with van der Waals surface area (Å²) in [7, 11) is 0. The molecule has 0 heterocycles. The molecule has 0 aromatic rings. The fourth-order valence-electron chi connectivity index (χ4n) is 1.44. The van der Waals surface area contributed by atoms with E-state index in [1.165, 1.54) is 4.90 Å². The molecular weight excluding hydrogens is 240 g/mol. The van der Waals surface area contributed by atoms with E-state index in [1.54, 1.807) is 11.8 Å². The highest BCUT2D eigenvalue weighted by molar-refractivity contribution is 7.98. The number of carboxylic acids is 1. The molecule has 6 heteroatoms. The number of hydrogen-bond donors (Lipinski definition) is 2. The van der Waals surface area contributed by atoms with Crippen LogP contribution < -0.4 is 5.73 Å². The first-order valence-corrected chi connectivity index (χ1v) is 7.03. The lowest BCUT2D eigenvalue weighted by Crippen LogP contribution is -2.47.